The molecule has 2 aromatic rings. The minimum absolute atomic E-state index is 0.0253. The lowest BCUT2D eigenvalue weighted by Crippen LogP contribution is -2.42. The number of hydrogen-bond acceptors (Lipinski definition) is 4. The Morgan fingerprint density at radius 1 is 1.15 bits per heavy atom. The van der Waals surface area contributed by atoms with Crippen LogP contribution in [0.2, 0.25) is 5.02 Å². The predicted molar refractivity (Wildman–Crippen MR) is 101 cm³/mol. The lowest BCUT2D eigenvalue weighted by atomic mass is 10.2. The highest BCUT2D eigenvalue weighted by molar-refractivity contribution is 6.30. The SMILES string of the molecule is COc1ccccc1N(CCC(N)=O)C(=O)[C@H](C)Oc1ccc(Cl)cc1. The third-order valence-electron chi connectivity index (χ3n) is 3.70. The van der Waals surface area contributed by atoms with E-state index in [0.29, 0.717) is 22.2 Å². The van der Waals surface area contributed by atoms with Gasteiger partial charge in [-0.1, -0.05) is 23.7 Å². The number of nitrogens with zero attached hydrogens (tertiary/aromatic N) is 1. The summed E-state index contributed by atoms with van der Waals surface area (Å²) < 4.78 is 11.0. The number of carbonyl (C=O) groups excluding carboxylic acids is 2. The second-order valence-corrected chi connectivity index (χ2v) is 6.03. The predicted octanol–water partition coefficient (Wildman–Crippen LogP) is 3.02. The summed E-state index contributed by atoms with van der Waals surface area (Å²) in [7, 11) is 1.52. The van der Waals surface area contributed by atoms with Gasteiger partial charge in [0.05, 0.1) is 12.8 Å². The molecule has 1 atom stereocenters. The van der Waals surface area contributed by atoms with E-state index in [9.17, 15) is 9.59 Å². The van der Waals surface area contributed by atoms with Gasteiger partial charge in [0.25, 0.3) is 5.91 Å². The second kappa shape index (κ2) is 9.10. The molecule has 0 spiro atoms. The molecule has 6 nitrogen and oxygen atoms in total. The van der Waals surface area contributed by atoms with Crippen LogP contribution in [0.15, 0.2) is 48.5 Å². The zero-order valence-corrected chi connectivity index (χ0v) is 15.4. The average Bonchev–Trinajstić information content (AvgIpc) is 2.63. The number of halogens is 1. The van der Waals surface area contributed by atoms with Crippen molar-refractivity contribution < 1.29 is 19.1 Å². The molecular formula is C19H21ClN2O4. The van der Waals surface area contributed by atoms with Gasteiger partial charge in [-0.25, -0.2) is 0 Å². The van der Waals surface area contributed by atoms with Crippen LogP contribution in [0.25, 0.3) is 0 Å². The third-order valence-corrected chi connectivity index (χ3v) is 3.95. The van der Waals surface area contributed by atoms with Crippen molar-refractivity contribution in [2.75, 3.05) is 18.6 Å². The van der Waals surface area contributed by atoms with Crippen molar-refractivity contribution in [3.8, 4) is 11.5 Å². The molecule has 0 saturated heterocycles. The lowest BCUT2D eigenvalue weighted by Gasteiger charge is -2.27. The van der Waals surface area contributed by atoms with Crippen LogP contribution in [-0.4, -0.2) is 31.6 Å². The van der Waals surface area contributed by atoms with Crippen LogP contribution in [0.4, 0.5) is 5.69 Å². The summed E-state index contributed by atoms with van der Waals surface area (Å²) in [6, 6.07) is 13.8. The van der Waals surface area contributed by atoms with E-state index in [1.165, 1.54) is 12.0 Å². The number of methoxy groups -OCH3 is 1. The maximum absolute atomic E-state index is 13.0. The number of amides is 2. The van der Waals surface area contributed by atoms with E-state index in [-0.39, 0.29) is 18.9 Å². The zero-order chi connectivity index (χ0) is 19.1. The van der Waals surface area contributed by atoms with Crippen LogP contribution < -0.4 is 20.1 Å². The fraction of sp³-hybridized carbons (Fsp3) is 0.263. The van der Waals surface area contributed by atoms with Crippen molar-refractivity contribution in [1.29, 1.82) is 0 Å². The maximum Gasteiger partial charge on any atom is 0.267 e. The Kier molecular flexibility index (Phi) is 6.86. The molecule has 0 aliphatic rings. The number of rotatable bonds is 8. The van der Waals surface area contributed by atoms with Gasteiger partial charge in [-0.05, 0) is 43.3 Å². The monoisotopic (exact) mass is 376 g/mol. The molecular weight excluding hydrogens is 356 g/mol. The molecule has 0 unspecified atom stereocenters. The molecule has 0 aromatic heterocycles. The van der Waals surface area contributed by atoms with E-state index in [1.54, 1.807) is 55.5 Å². The third kappa shape index (κ3) is 5.13. The van der Waals surface area contributed by atoms with Gasteiger partial charge in [0, 0.05) is 18.0 Å². The second-order valence-electron chi connectivity index (χ2n) is 5.59. The fourth-order valence-corrected chi connectivity index (χ4v) is 2.54. The molecule has 138 valence electrons. The van der Waals surface area contributed by atoms with Gasteiger partial charge in [0.2, 0.25) is 5.91 Å². The zero-order valence-electron chi connectivity index (χ0n) is 14.6. The van der Waals surface area contributed by atoms with Crippen molar-refractivity contribution in [1.82, 2.24) is 0 Å². The van der Waals surface area contributed by atoms with Crippen LogP contribution in [0.3, 0.4) is 0 Å². The summed E-state index contributed by atoms with van der Waals surface area (Å²) in [6.45, 7) is 1.77. The van der Waals surface area contributed by atoms with Gasteiger partial charge in [0.15, 0.2) is 6.10 Å². The number of anilines is 1. The van der Waals surface area contributed by atoms with E-state index in [4.69, 9.17) is 26.8 Å². The highest BCUT2D eigenvalue weighted by Crippen LogP contribution is 2.29. The first-order valence-electron chi connectivity index (χ1n) is 8.07. The van der Waals surface area contributed by atoms with Crippen molar-refractivity contribution in [2.24, 2.45) is 5.73 Å². The Balaban J connectivity index is 2.23. The van der Waals surface area contributed by atoms with Crippen LogP contribution >= 0.6 is 11.6 Å². The van der Waals surface area contributed by atoms with Crippen LogP contribution in [0.1, 0.15) is 13.3 Å². The van der Waals surface area contributed by atoms with E-state index >= 15 is 0 Å². The van der Waals surface area contributed by atoms with Gasteiger partial charge in [-0.3, -0.25) is 9.59 Å². The molecule has 7 heteroatoms. The summed E-state index contributed by atoms with van der Waals surface area (Å²) in [5.41, 5.74) is 5.80. The van der Waals surface area contributed by atoms with Gasteiger partial charge in [-0.15, -0.1) is 0 Å². The summed E-state index contributed by atoms with van der Waals surface area (Å²) in [5.74, 6) is 0.226. The number of nitrogens with two attached hydrogens (primary N) is 1. The minimum atomic E-state index is -0.783. The minimum Gasteiger partial charge on any atom is -0.495 e. The van der Waals surface area contributed by atoms with Crippen molar-refractivity contribution in [3.05, 3.63) is 53.6 Å². The molecule has 0 radical (unpaired) electrons. The Labute approximate surface area is 157 Å². The number of hydrogen-bond donors (Lipinski definition) is 1. The lowest BCUT2D eigenvalue weighted by molar-refractivity contribution is -0.124. The Hall–Kier alpha value is -2.73. The van der Waals surface area contributed by atoms with E-state index in [2.05, 4.69) is 0 Å². The normalized spacial score (nSPS) is 11.5. The highest BCUT2D eigenvalue weighted by atomic mass is 35.5. The number of para-hydroxylation sites is 2. The number of primary amides is 1. The van der Waals surface area contributed by atoms with Crippen molar-refractivity contribution in [3.63, 3.8) is 0 Å². The van der Waals surface area contributed by atoms with E-state index in [1.807, 2.05) is 0 Å². The van der Waals surface area contributed by atoms with E-state index in [0.717, 1.165) is 0 Å². The summed E-state index contributed by atoms with van der Waals surface area (Å²) in [6.07, 6.45) is -0.758. The first-order valence-corrected chi connectivity index (χ1v) is 8.45. The molecule has 0 aliphatic carbocycles. The van der Waals surface area contributed by atoms with Gasteiger partial charge >= 0.3 is 0 Å². The first kappa shape index (κ1) is 19.6. The molecule has 2 amide bonds. The van der Waals surface area contributed by atoms with Gasteiger partial charge < -0.3 is 20.1 Å². The smallest absolute Gasteiger partial charge is 0.267 e. The first-order chi connectivity index (χ1) is 12.4. The molecule has 26 heavy (non-hydrogen) atoms. The standard InChI is InChI=1S/C19H21ClN2O4/c1-13(26-15-9-7-14(20)8-10-15)19(24)22(12-11-18(21)23)16-5-3-4-6-17(16)25-2/h3-10,13H,11-12H2,1-2H3,(H2,21,23)/t13-/m0/s1. The Morgan fingerprint density at radius 3 is 2.42 bits per heavy atom. The molecule has 0 heterocycles. The van der Waals surface area contributed by atoms with Crippen LogP contribution in [0.5, 0.6) is 11.5 Å². The van der Waals surface area contributed by atoms with Gasteiger partial charge in [-0.2, -0.15) is 0 Å². The van der Waals surface area contributed by atoms with Crippen LogP contribution in [-0.2, 0) is 9.59 Å². The molecule has 0 bridgehead atoms. The van der Waals surface area contributed by atoms with E-state index < -0.39 is 12.0 Å². The average molecular weight is 377 g/mol. The molecule has 2 N–H and O–H groups in total. The largest absolute Gasteiger partial charge is 0.495 e. The van der Waals surface area contributed by atoms with Crippen LogP contribution in [0, 0.1) is 0 Å². The van der Waals surface area contributed by atoms with Gasteiger partial charge in [0.1, 0.15) is 11.5 Å². The number of benzene rings is 2. The Bertz CT molecular complexity index is 764. The quantitative estimate of drug-likeness (QED) is 0.767. The highest BCUT2D eigenvalue weighted by Gasteiger charge is 2.26. The molecule has 0 aliphatic heterocycles. The number of ether oxygens (including phenoxy) is 2. The fourth-order valence-electron chi connectivity index (χ4n) is 2.41. The number of carbonyl (C=O) groups is 2. The molecule has 2 rings (SSSR count). The summed E-state index contributed by atoms with van der Waals surface area (Å²) >= 11 is 5.86. The Morgan fingerprint density at radius 2 is 1.81 bits per heavy atom. The van der Waals surface area contributed by atoms with Crippen molar-refractivity contribution in [2.45, 2.75) is 19.4 Å². The topological polar surface area (TPSA) is 81.9 Å². The van der Waals surface area contributed by atoms with Crippen molar-refractivity contribution >= 4 is 29.1 Å². The summed E-state index contributed by atoms with van der Waals surface area (Å²) in [4.78, 5) is 25.6. The maximum atomic E-state index is 13.0. The molecule has 0 saturated carbocycles. The molecule has 0 fully saturated rings. The molecule has 2 aromatic carbocycles. The summed E-state index contributed by atoms with van der Waals surface area (Å²) in [5, 5.41) is 0.577.